The number of aromatic hydroxyl groups is 1. The summed E-state index contributed by atoms with van der Waals surface area (Å²) >= 11 is 0. The lowest BCUT2D eigenvalue weighted by Gasteiger charge is -2.14. The molecule has 0 bridgehead atoms. The number of nitrogens with zero attached hydrogens (tertiary/aromatic N) is 1. The van der Waals surface area contributed by atoms with Crippen LogP contribution in [0.15, 0.2) is 102 Å². The molecule has 0 spiro atoms. The Kier molecular flexibility index (Phi) is 11.6. The van der Waals surface area contributed by atoms with E-state index in [-0.39, 0.29) is 56.8 Å². The fourth-order valence-electron chi connectivity index (χ4n) is 4.72. The number of hydrogen-bond acceptors (Lipinski definition) is 13. The SMILES string of the molecule is COc1ccc(C(=O)Oc2ccc(N=Cc3ccc(OC(=O)c4cc(OC)c(OC)c(OC)c4)cc3O)cc2OC(=O)c2ccc(OC)cc2)cc1. The topological polar surface area (TPSA) is 158 Å². The molecule has 0 saturated heterocycles. The van der Waals surface area contributed by atoms with Gasteiger partial charge in [-0.1, -0.05) is 0 Å². The number of benzene rings is 5. The van der Waals surface area contributed by atoms with Gasteiger partial charge in [0.15, 0.2) is 23.0 Å². The number of methoxy groups -OCH3 is 5. The van der Waals surface area contributed by atoms with Crippen LogP contribution in [0.4, 0.5) is 5.69 Å². The van der Waals surface area contributed by atoms with E-state index in [2.05, 4.69) is 4.99 Å². The molecular weight excluding hydrogens is 674 g/mol. The van der Waals surface area contributed by atoms with Gasteiger partial charge in [0, 0.05) is 23.9 Å². The van der Waals surface area contributed by atoms with Gasteiger partial charge in [-0.25, -0.2) is 14.4 Å². The van der Waals surface area contributed by atoms with Crippen LogP contribution in [0.5, 0.6) is 51.7 Å². The van der Waals surface area contributed by atoms with E-state index in [1.54, 1.807) is 24.3 Å². The second kappa shape index (κ2) is 16.6. The zero-order chi connectivity index (χ0) is 37.2. The smallest absolute Gasteiger partial charge is 0.343 e. The molecule has 0 aliphatic rings. The number of phenolic OH excluding ortho intramolecular Hbond substituents is 1. The summed E-state index contributed by atoms with van der Waals surface area (Å²) in [6.07, 6.45) is 1.35. The summed E-state index contributed by atoms with van der Waals surface area (Å²) in [6.45, 7) is 0. The highest BCUT2D eigenvalue weighted by molar-refractivity contribution is 5.94. The van der Waals surface area contributed by atoms with Crippen molar-refractivity contribution in [3.8, 4) is 51.7 Å². The Balaban J connectivity index is 1.36. The summed E-state index contributed by atoms with van der Waals surface area (Å²) in [4.78, 5) is 43.4. The summed E-state index contributed by atoms with van der Waals surface area (Å²) in [5, 5.41) is 10.7. The lowest BCUT2D eigenvalue weighted by Crippen LogP contribution is -2.12. The normalized spacial score (nSPS) is 10.6. The first-order chi connectivity index (χ1) is 25.2. The van der Waals surface area contributed by atoms with Gasteiger partial charge in [-0.3, -0.25) is 4.99 Å². The molecule has 0 radical (unpaired) electrons. The third-order valence-corrected chi connectivity index (χ3v) is 7.45. The average Bonchev–Trinajstić information content (AvgIpc) is 3.17. The molecule has 0 unspecified atom stereocenters. The van der Waals surface area contributed by atoms with E-state index in [4.69, 9.17) is 37.9 Å². The summed E-state index contributed by atoms with van der Waals surface area (Å²) in [5.41, 5.74) is 1.15. The largest absolute Gasteiger partial charge is 0.507 e. The van der Waals surface area contributed by atoms with Crippen LogP contribution in [-0.2, 0) is 0 Å². The first-order valence-corrected chi connectivity index (χ1v) is 15.4. The molecule has 0 heterocycles. The number of aliphatic imine (C=N–C) groups is 1. The van der Waals surface area contributed by atoms with Crippen molar-refractivity contribution in [2.24, 2.45) is 4.99 Å². The zero-order valence-electron chi connectivity index (χ0n) is 28.7. The lowest BCUT2D eigenvalue weighted by molar-refractivity contribution is 0.0682. The van der Waals surface area contributed by atoms with Gasteiger partial charge in [0.2, 0.25) is 5.75 Å². The Morgan fingerprint density at radius 2 is 1.02 bits per heavy atom. The Hall–Kier alpha value is -7.02. The second-order valence-corrected chi connectivity index (χ2v) is 10.6. The Morgan fingerprint density at radius 1 is 0.500 bits per heavy atom. The predicted octanol–water partition coefficient (Wildman–Crippen LogP) is 6.84. The standard InChI is InChI=1S/C39H33NO12/c1-45-28-12-6-23(7-13-28)37(42)51-32-17-11-27(20-33(32)52-38(43)24-8-14-29(46-2)15-9-24)40-22-25-10-16-30(21-31(25)41)50-39(44)26-18-34(47-3)36(49-5)35(19-26)48-4/h6-22,41H,1-5H3. The Bertz CT molecular complexity index is 2080. The van der Waals surface area contributed by atoms with E-state index >= 15 is 0 Å². The molecule has 0 aliphatic heterocycles. The molecule has 5 rings (SSSR count). The van der Waals surface area contributed by atoms with Gasteiger partial charge < -0.3 is 43.0 Å². The summed E-state index contributed by atoms with van der Waals surface area (Å²) in [7, 11) is 7.31. The Labute approximate surface area is 298 Å². The number of esters is 3. The molecule has 0 fully saturated rings. The van der Waals surface area contributed by atoms with E-state index in [0.717, 1.165) is 0 Å². The average molecular weight is 708 g/mol. The Morgan fingerprint density at radius 3 is 1.52 bits per heavy atom. The van der Waals surface area contributed by atoms with Crippen LogP contribution in [0.1, 0.15) is 36.6 Å². The van der Waals surface area contributed by atoms with E-state index in [9.17, 15) is 19.5 Å². The van der Waals surface area contributed by atoms with Crippen molar-refractivity contribution in [1.82, 2.24) is 0 Å². The maximum atomic E-state index is 13.1. The molecule has 0 saturated carbocycles. The third-order valence-electron chi connectivity index (χ3n) is 7.45. The molecule has 13 heteroatoms. The molecule has 266 valence electrons. The summed E-state index contributed by atoms with van der Waals surface area (Å²) < 4.78 is 42.9. The van der Waals surface area contributed by atoms with Crippen molar-refractivity contribution in [3.63, 3.8) is 0 Å². The van der Waals surface area contributed by atoms with Gasteiger partial charge in [0.1, 0.15) is 23.0 Å². The van der Waals surface area contributed by atoms with Crippen LogP contribution in [0, 0.1) is 0 Å². The fourth-order valence-corrected chi connectivity index (χ4v) is 4.72. The van der Waals surface area contributed by atoms with Crippen LogP contribution in [0.3, 0.4) is 0 Å². The number of rotatable bonds is 13. The number of ether oxygens (including phenoxy) is 8. The van der Waals surface area contributed by atoms with Gasteiger partial charge in [0.05, 0.1) is 57.9 Å². The highest BCUT2D eigenvalue weighted by Gasteiger charge is 2.20. The second-order valence-electron chi connectivity index (χ2n) is 10.6. The maximum absolute atomic E-state index is 13.1. The molecule has 0 atom stereocenters. The van der Waals surface area contributed by atoms with Crippen molar-refractivity contribution in [2.75, 3.05) is 35.5 Å². The van der Waals surface area contributed by atoms with Gasteiger partial charge in [-0.15, -0.1) is 0 Å². The minimum atomic E-state index is -0.732. The van der Waals surface area contributed by atoms with Gasteiger partial charge >= 0.3 is 17.9 Å². The monoisotopic (exact) mass is 707 g/mol. The van der Waals surface area contributed by atoms with Crippen LogP contribution < -0.4 is 37.9 Å². The number of carbonyl (C=O) groups excluding carboxylic acids is 3. The summed E-state index contributed by atoms with van der Waals surface area (Å²) in [5.74, 6) is -0.496. The lowest BCUT2D eigenvalue weighted by atomic mass is 10.1. The molecule has 5 aromatic carbocycles. The van der Waals surface area contributed by atoms with Crippen molar-refractivity contribution in [3.05, 3.63) is 119 Å². The highest BCUT2D eigenvalue weighted by atomic mass is 16.6. The van der Waals surface area contributed by atoms with Crippen molar-refractivity contribution >= 4 is 29.8 Å². The number of carbonyl (C=O) groups is 3. The minimum Gasteiger partial charge on any atom is -0.507 e. The predicted molar refractivity (Wildman–Crippen MR) is 189 cm³/mol. The van der Waals surface area contributed by atoms with Gasteiger partial charge in [0.25, 0.3) is 0 Å². The van der Waals surface area contributed by atoms with Crippen LogP contribution in [0.25, 0.3) is 0 Å². The first kappa shape index (κ1) is 36.3. The summed E-state index contributed by atoms with van der Waals surface area (Å²) in [6, 6.07) is 24.0. The minimum absolute atomic E-state index is 0.0391. The molecule has 0 amide bonds. The van der Waals surface area contributed by atoms with Gasteiger partial charge in [-0.2, -0.15) is 0 Å². The maximum Gasteiger partial charge on any atom is 0.343 e. The molecular formula is C39H33NO12. The first-order valence-electron chi connectivity index (χ1n) is 15.4. The van der Waals surface area contributed by atoms with E-state index in [1.165, 1.54) is 115 Å². The zero-order valence-corrected chi connectivity index (χ0v) is 28.7. The fraction of sp³-hybridized carbons (Fsp3) is 0.128. The molecule has 13 nitrogen and oxygen atoms in total. The van der Waals surface area contributed by atoms with Crippen LogP contribution in [-0.4, -0.2) is 64.8 Å². The van der Waals surface area contributed by atoms with Crippen LogP contribution >= 0.6 is 0 Å². The van der Waals surface area contributed by atoms with E-state index < -0.39 is 17.9 Å². The molecule has 0 aliphatic carbocycles. The van der Waals surface area contributed by atoms with E-state index in [0.29, 0.717) is 22.9 Å². The molecule has 5 aromatic rings. The highest BCUT2D eigenvalue weighted by Crippen LogP contribution is 2.39. The number of hydrogen-bond donors (Lipinski definition) is 1. The van der Waals surface area contributed by atoms with Gasteiger partial charge in [-0.05, 0) is 84.9 Å². The van der Waals surface area contributed by atoms with E-state index in [1.807, 2.05) is 0 Å². The number of phenols is 1. The molecule has 52 heavy (non-hydrogen) atoms. The quantitative estimate of drug-likeness (QED) is 0.0773. The molecule has 0 aromatic heterocycles. The van der Waals surface area contributed by atoms with Crippen molar-refractivity contribution in [1.29, 1.82) is 0 Å². The van der Waals surface area contributed by atoms with Crippen molar-refractivity contribution < 1.29 is 57.4 Å². The van der Waals surface area contributed by atoms with Crippen molar-refractivity contribution in [2.45, 2.75) is 0 Å². The molecule has 1 N–H and O–H groups in total. The third kappa shape index (κ3) is 8.58. The van der Waals surface area contributed by atoms with Crippen LogP contribution in [0.2, 0.25) is 0 Å².